The van der Waals surface area contributed by atoms with Crippen molar-refractivity contribution in [1.82, 2.24) is 4.90 Å². The molecule has 1 atom stereocenters. The van der Waals surface area contributed by atoms with Gasteiger partial charge >= 0.3 is 6.09 Å². The summed E-state index contributed by atoms with van der Waals surface area (Å²) in [6.45, 7) is 9.62. The number of ether oxygens (including phenoxy) is 1. The molecule has 1 fully saturated rings. The molecule has 0 bridgehead atoms. The molecule has 0 radical (unpaired) electrons. The van der Waals surface area contributed by atoms with Gasteiger partial charge in [-0.1, -0.05) is 42.3 Å². The molecule has 1 saturated heterocycles. The van der Waals surface area contributed by atoms with Crippen LogP contribution in [0.15, 0.2) is 42.5 Å². The summed E-state index contributed by atoms with van der Waals surface area (Å²) >= 11 is 12.7. The lowest BCUT2D eigenvalue weighted by Crippen LogP contribution is -2.51. The van der Waals surface area contributed by atoms with E-state index in [1.807, 2.05) is 57.2 Å². The van der Waals surface area contributed by atoms with Crippen molar-refractivity contribution in [2.45, 2.75) is 71.6 Å². The van der Waals surface area contributed by atoms with Gasteiger partial charge in [0.1, 0.15) is 11.6 Å². The van der Waals surface area contributed by atoms with Crippen LogP contribution in [-0.2, 0) is 16.1 Å². The zero-order valence-corrected chi connectivity index (χ0v) is 22.5. The number of rotatable bonds is 7. The molecule has 2 amide bonds. The van der Waals surface area contributed by atoms with Crippen LogP contribution in [0.25, 0.3) is 0 Å². The molecule has 2 aromatic rings. The molecule has 6 nitrogen and oxygen atoms in total. The van der Waals surface area contributed by atoms with E-state index in [1.54, 1.807) is 6.07 Å². The van der Waals surface area contributed by atoms with E-state index in [0.29, 0.717) is 35.2 Å². The number of carbonyl (C=O) groups is 2. The van der Waals surface area contributed by atoms with Gasteiger partial charge in [-0.2, -0.15) is 0 Å². The molecule has 1 aliphatic rings. The SMILES string of the molecule is CCCN(Cc1ccc(Cl)cc1)c1ccc(NC(=O)[C@H]2CCCCN2C(=O)OC(C)(C)C)cc1Cl. The molecule has 8 heteroatoms. The first kappa shape index (κ1) is 27.2. The fourth-order valence-corrected chi connectivity index (χ4v) is 4.60. The molecule has 0 saturated carbocycles. The topological polar surface area (TPSA) is 61.9 Å². The fraction of sp³-hybridized carbons (Fsp3) is 0.481. The Morgan fingerprint density at radius 2 is 1.83 bits per heavy atom. The average Bonchev–Trinajstić information content (AvgIpc) is 2.79. The molecular weight excluding hydrogens is 485 g/mol. The van der Waals surface area contributed by atoms with Gasteiger partial charge in [-0.05, 0) is 82.3 Å². The summed E-state index contributed by atoms with van der Waals surface area (Å²) in [7, 11) is 0. The summed E-state index contributed by atoms with van der Waals surface area (Å²) in [5.41, 5.74) is 2.02. The predicted molar refractivity (Wildman–Crippen MR) is 143 cm³/mol. The molecular formula is C27H35Cl2N3O3. The Labute approximate surface area is 218 Å². The molecule has 0 unspecified atom stereocenters. The monoisotopic (exact) mass is 519 g/mol. The van der Waals surface area contributed by atoms with Crippen LogP contribution < -0.4 is 10.2 Å². The van der Waals surface area contributed by atoms with Crippen molar-refractivity contribution in [2.75, 3.05) is 23.3 Å². The minimum atomic E-state index is -0.616. The number of benzene rings is 2. The minimum absolute atomic E-state index is 0.231. The first-order chi connectivity index (χ1) is 16.6. The number of amides is 2. The van der Waals surface area contributed by atoms with Gasteiger partial charge in [-0.3, -0.25) is 9.69 Å². The second-order valence-corrected chi connectivity index (χ2v) is 10.7. The van der Waals surface area contributed by atoms with E-state index in [4.69, 9.17) is 27.9 Å². The van der Waals surface area contributed by atoms with Crippen LogP contribution in [0.5, 0.6) is 0 Å². The van der Waals surface area contributed by atoms with Crippen LogP contribution in [0.1, 0.15) is 58.9 Å². The largest absolute Gasteiger partial charge is 0.444 e. The van der Waals surface area contributed by atoms with Gasteiger partial charge in [0.25, 0.3) is 0 Å². The maximum Gasteiger partial charge on any atom is 0.410 e. The summed E-state index contributed by atoms with van der Waals surface area (Å²) < 4.78 is 5.52. The second kappa shape index (κ2) is 12.0. The number of hydrogen-bond donors (Lipinski definition) is 1. The third-order valence-corrected chi connectivity index (χ3v) is 6.32. The maximum absolute atomic E-state index is 13.1. The van der Waals surface area contributed by atoms with E-state index in [9.17, 15) is 9.59 Å². The zero-order chi connectivity index (χ0) is 25.6. The first-order valence-electron chi connectivity index (χ1n) is 12.2. The molecule has 0 aliphatic carbocycles. The Hall–Kier alpha value is -2.44. The van der Waals surface area contributed by atoms with Crippen LogP contribution in [0.2, 0.25) is 10.0 Å². The van der Waals surface area contributed by atoms with E-state index in [0.717, 1.165) is 37.1 Å². The lowest BCUT2D eigenvalue weighted by molar-refractivity contribution is -0.122. The third-order valence-electron chi connectivity index (χ3n) is 5.77. The smallest absolute Gasteiger partial charge is 0.410 e. The Morgan fingerprint density at radius 1 is 1.11 bits per heavy atom. The number of piperidine rings is 1. The van der Waals surface area contributed by atoms with Gasteiger partial charge < -0.3 is 15.0 Å². The molecule has 190 valence electrons. The molecule has 1 N–H and O–H groups in total. The number of hydrogen-bond acceptors (Lipinski definition) is 4. The van der Waals surface area contributed by atoms with Crippen molar-refractivity contribution in [2.24, 2.45) is 0 Å². The number of anilines is 2. The number of likely N-dealkylation sites (tertiary alicyclic amines) is 1. The van der Waals surface area contributed by atoms with E-state index in [-0.39, 0.29) is 5.91 Å². The van der Waals surface area contributed by atoms with Crippen LogP contribution in [0.3, 0.4) is 0 Å². The molecule has 2 aromatic carbocycles. The lowest BCUT2D eigenvalue weighted by atomic mass is 10.0. The van der Waals surface area contributed by atoms with Crippen molar-refractivity contribution in [3.05, 3.63) is 58.1 Å². The van der Waals surface area contributed by atoms with E-state index >= 15 is 0 Å². The van der Waals surface area contributed by atoms with E-state index in [1.165, 1.54) is 4.90 Å². The second-order valence-electron chi connectivity index (χ2n) is 9.89. The van der Waals surface area contributed by atoms with Crippen LogP contribution >= 0.6 is 23.2 Å². The Balaban J connectivity index is 1.72. The first-order valence-corrected chi connectivity index (χ1v) is 12.9. The Morgan fingerprint density at radius 3 is 2.46 bits per heavy atom. The Kier molecular flexibility index (Phi) is 9.31. The van der Waals surface area contributed by atoms with Gasteiger partial charge in [-0.25, -0.2) is 4.79 Å². The molecule has 0 spiro atoms. The molecule has 35 heavy (non-hydrogen) atoms. The van der Waals surface area contributed by atoms with E-state index < -0.39 is 17.7 Å². The zero-order valence-electron chi connectivity index (χ0n) is 20.9. The van der Waals surface area contributed by atoms with Gasteiger partial charge in [0, 0.05) is 30.3 Å². The summed E-state index contributed by atoms with van der Waals surface area (Å²) in [5.74, 6) is -0.231. The molecule has 1 heterocycles. The summed E-state index contributed by atoms with van der Waals surface area (Å²) in [4.78, 5) is 29.5. The van der Waals surface area contributed by atoms with Crippen LogP contribution in [-0.4, -0.2) is 41.6 Å². The number of carbonyl (C=O) groups excluding carboxylic acids is 2. The lowest BCUT2D eigenvalue weighted by Gasteiger charge is -2.35. The third kappa shape index (κ3) is 7.77. The van der Waals surface area contributed by atoms with E-state index in [2.05, 4.69) is 17.1 Å². The minimum Gasteiger partial charge on any atom is -0.444 e. The fourth-order valence-electron chi connectivity index (χ4n) is 4.17. The Bertz CT molecular complexity index is 1020. The number of nitrogens with zero attached hydrogens (tertiary/aromatic N) is 2. The highest BCUT2D eigenvalue weighted by molar-refractivity contribution is 6.33. The van der Waals surface area contributed by atoms with Gasteiger partial charge in [0.15, 0.2) is 0 Å². The summed E-state index contributed by atoms with van der Waals surface area (Å²) in [5, 5.41) is 4.21. The van der Waals surface area contributed by atoms with Crippen LogP contribution in [0.4, 0.5) is 16.2 Å². The number of halogens is 2. The van der Waals surface area contributed by atoms with Crippen molar-refractivity contribution >= 4 is 46.6 Å². The van der Waals surface area contributed by atoms with Crippen molar-refractivity contribution < 1.29 is 14.3 Å². The predicted octanol–water partition coefficient (Wildman–Crippen LogP) is 7.14. The highest BCUT2D eigenvalue weighted by Crippen LogP contribution is 2.31. The summed E-state index contributed by atoms with van der Waals surface area (Å²) in [6, 6.07) is 12.8. The van der Waals surface area contributed by atoms with Crippen molar-refractivity contribution in [3.63, 3.8) is 0 Å². The maximum atomic E-state index is 13.1. The normalized spacial score (nSPS) is 16.1. The molecule has 0 aromatic heterocycles. The highest BCUT2D eigenvalue weighted by atomic mass is 35.5. The average molecular weight is 521 g/mol. The standard InChI is InChI=1S/C27H35Cl2N3O3/c1-5-15-31(18-19-9-11-20(28)12-10-19)23-14-13-21(17-22(23)29)30-25(33)24-8-6-7-16-32(24)26(34)35-27(2,3)4/h9-14,17,24H,5-8,15-16,18H2,1-4H3,(H,30,33)/t24-/m1/s1. The van der Waals surface area contributed by atoms with Crippen LogP contribution in [0, 0.1) is 0 Å². The van der Waals surface area contributed by atoms with Gasteiger partial charge in [-0.15, -0.1) is 0 Å². The number of nitrogens with one attached hydrogen (secondary N) is 1. The highest BCUT2D eigenvalue weighted by Gasteiger charge is 2.35. The quantitative estimate of drug-likeness (QED) is 0.422. The van der Waals surface area contributed by atoms with Crippen molar-refractivity contribution in [3.8, 4) is 0 Å². The molecule has 1 aliphatic heterocycles. The summed E-state index contributed by atoms with van der Waals surface area (Å²) in [6.07, 6.45) is 2.84. The van der Waals surface area contributed by atoms with Gasteiger partial charge in [0.2, 0.25) is 5.91 Å². The molecule has 3 rings (SSSR count). The van der Waals surface area contributed by atoms with Crippen molar-refractivity contribution in [1.29, 1.82) is 0 Å². The van der Waals surface area contributed by atoms with Gasteiger partial charge in [0.05, 0.1) is 10.7 Å².